The third-order valence-corrected chi connectivity index (χ3v) is 2.18. The SMILES string of the molecule is OC(CC(F)(F)F)C1=CCCCC1. The van der Waals surface area contributed by atoms with E-state index in [2.05, 4.69) is 0 Å². The predicted octanol–water partition coefficient (Wildman–Crippen LogP) is 2.80. The zero-order chi connectivity index (χ0) is 9.90. The van der Waals surface area contributed by atoms with Crippen molar-refractivity contribution >= 4 is 0 Å². The molecule has 1 nitrogen and oxygen atoms in total. The molecule has 0 radical (unpaired) electrons. The van der Waals surface area contributed by atoms with E-state index in [1.807, 2.05) is 0 Å². The van der Waals surface area contributed by atoms with Gasteiger partial charge in [-0.3, -0.25) is 0 Å². The van der Waals surface area contributed by atoms with Gasteiger partial charge in [0, 0.05) is 0 Å². The van der Waals surface area contributed by atoms with Crippen molar-refractivity contribution in [1.29, 1.82) is 0 Å². The monoisotopic (exact) mass is 194 g/mol. The fourth-order valence-corrected chi connectivity index (χ4v) is 1.52. The van der Waals surface area contributed by atoms with Gasteiger partial charge in [-0.1, -0.05) is 6.08 Å². The first kappa shape index (κ1) is 10.6. The molecule has 0 aromatic carbocycles. The second-order valence-electron chi connectivity index (χ2n) is 3.36. The molecular formula is C9H13F3O. The molecule has 4 heteroatoms. The van der Waals surface area contributed by atoms with E-state index in [1.165, 1.54) is 0 Å². The minimum absolute atomic E-state index is 0.559. The Hall–Kier alpha value is -0.510. The smallest absolute Gasteiger partial charge is 0.388 e. The summed E-state index contributed by atoms with van der Waals surface area (Å²) in [6.45, 7) is 0. The lowest BCUT2D eigenvalue weighted by Crippen LogP contribution is -2.21. The van der Waals surface area contributed by atoms with Crippen molar-refractivity contribution in [3.05, 3.63) is 11.6 Å². The summed E-state index contributed by atoms with van der Waals surface area (Å²) in [6, 6.07) is 0. The van der Waals surface area contributed by atoms with Crippen LogP contribution in [0.3, 0.4) is 0 Å². The second kappa shape index (κ2) is 4.13. The van der Waals surface area contributed by atoms with Crippen LogP contribution in [0.25, 0.3) is 0 Å². The van der Waals surface area contributed by atoms with Crippen molar-refractivity contribution in [2.45, 2.75) is 44.4 Å². The molecule has 1 aliphatic rings. The van der Waals surface area contributed by atoms with E-state index >= 15 is 0 Å². The van der Waals surface area contributed by atoms with Crippen molar-refractivity contribution in [3.63, 3.8) is 0 Å². The van der Waals surface area contributed by atoms with Gasteiger partial charge in [-0.25, -0.2) is 0 Å². The van der Waals surface area contributed by atoms with Crippen LogP contribution in [0.2, 0.25) is 0 Å². The van der Waals surface area contributed by atoms with Crippen molar-refractivity contribution in [3.8, 4) is 0 Å². The molecule has 0 spiro atoms. The second-order valence-corrected chi connectivity index (χ2v) is 3.36. The largest absolute Gasteiger partial charge is 0.391 e. The van der Waals surface area contributed by atoms with Gasteiger partial charge in [-0.2, -0.15) is 13.2 Å². The average Bonchev–Trinajstić information content (AvgIpc) is 2.03. The van der Waals surface area contributed by atoms with E-state index in [9.17, 15) is 18.3 Å². The average molecular weight is 194 g/mol. The fourth-order valence-electron chi connectivity index (χ4n) is 1.52. The van der Waals surface area contributed by atoms with Gasteiger partial charge in [0.25, 0.3) is 0 Å². The lowest BCUT2D eigenvalue weighted by molar-refractivity contribution is -0.149. The quantitative estimate of drug-likeness (QED) is 0.670. The maximum atomic E-state index is 11.9. The molecule has 1 N–H and O–H groups in total. The van der Waals surface area contributed by atoms with Crippen LogP contribution in [0.1, 0.15) is 32.1 Å². The lowest BCUT2D eigenvalue weighted by atomic mass is 9.94. The van der Waals surface area contributed by atoms with Gasteiger partial charge in [0.15, 0.2) is 0 Å². The highest BCUT2D eigenvalue weighted by atomic mass is 19.4. The van der Waals surface area contributed by atoms with E-state index in [-0.39, 0.29) is 0 Å². The zero-order valence-corrected chi connectivity index (χ0v) is 7.27. The summed E-state index contributed by atoms with van der Waals surface area (Å²) in [5, 5.41) is 9.22. The van der Waals surface area contributed by atoms with E-state index in [4.69, 9.17) is 0 Å². The molecule has 0 saturated heterocycles. The Labute approximate surface area is 75.3 Å². The Bertz CT molecular complexity index is 196. The first-order chi connectivity index (χ1) is 5.99. The van der Waals surface area contributed by atoms with Gasteiger partial charge in [0.05, 0.1) is 12.5 Å². The summed E-state index contributed by atoms with van der Waals surface area (Å²) in [5.74, 6) is 0. The maximum Gasteiger partial charge on any atom is 0.391 e. The summed E-state index contributed by atoms with van der Waals surface area (Å²) in [6.07, 6.45) is -1.65. The van der Waals surface area contributed by atoms with Crippen LogP contribution in [0.15, 0.2) is 11.6 Å². The molecular weight excluding hydrogens is 181 g/mol. The summed E-state index contributed by atoms with van der Waals surface area (Å²) in [7, 11) is 0. The van der Waals surface area contributed by atoms with Crippen molar-refractivity contribution in [1.82, 2.24) is 0 Å². The molecule has 0 aliphatic heterocycles. The fraction of sp³-hybridized carbons (Fsp3) is 0.778. The third-order valence-electron chi connectivity index (χ3n) is 2.18. The number of halogens is 3. The Morgan fingerprint density at radius 1 is 1.38 bits per heavy atom. The molecule has 0 bridgehead atoms. The lowest BCUT2D eigenvalue weighted by Gasteiger charge is -2.19. The number of allylic oxidation sites excluding steroid dienone is 1. The molecule has 1 aliphatic carbocycles. The van der Waals surface area contributed by atoms with Crippen molar-refractivity contribution in [2.24, 2.45) is 0 Å². The van der Waals surface area contributed by atoms with E-state index < -0.39 is 18.7 Å². The van der Waals surface area contributed by atoms with E-state index in [0.29, 0.717) is 12.0 Å². The van der Waals surface area contributed by atoms with Gasteiger partial charge >= 0.3 is 6.18 Å². The summed E-state index contributed by atoms with van der Waals surface area (Å²) < 4.78 is 35.6. The number of rotatable bonds is 2. The predicted molar refractivity (Wildman–Crippen MR) is 43.2 cm³/mol. The Balaban J connectivity index is 2.47. The molecule has 0 aromatic rings. The minimum atomic E-state index is -4.27. The molecule has 1 unspecified atom stereocenters. The first-order valence-electron chi connectivity index (χ1n) is 4.43. The van der Waals surface area contributed by atoms with E-state index in [0.717, 1.165) is 19.3 Å². The standard InChI is InChI=1S/C9H13F3O/c10-9(11,12)6-8(13)7-4-2-1-3-5-7/h4,8,13H,1-3,5-6H2. The van der Waals surface area contributed by atoms with Gasteiger partial charge in [-0.15, -0.1) is 0 Å². The first-order valence-corrected chi connectivity index (χ1v) is 4.43. The zero-order valence-electron chi connectivity index (χ0n) is 7.27. The molecule has 1 rings (SSSR count). The highest BCUT2D eigenvalue weighted by Crippen LogP contribution is 2.28. The van der Waals surface area contributed by atoms with Crippen LogP contribution in [0.5, 0.6) is 0 Å². The Morgan fingerprint density at radius 3 is 2.54 bits per heavy atom. The molecule has 13 heavy (non-hydrogen) atoms. The normalized spacial score (nSPS) is 21.1. The molecule has 0 fully saturated rings. The van der Waals surface area contributed by atoms with Crippen LogP contribution in [-0.2, 0) is 0 Å². The van der Waals surface area contributed by atoms with Crippen molar-refractivity contribution in [2.75, 3.05) is 0 Å². The number of hydrogen-bond donors (Lipinski definition) is 1. The van der Waals surface area contributed by atoms with Crippen LogP contribution in [-0.4, -0.2) is 17.4 Å². The maximum absolute atomic E-state index is 11.9. The van der Waals surface area contributed by atoms with Gasteiger partial charge in [-0.05, 0) is 31.3 Å². The third kappa shape index (κ3) is 3.81. The molecule has 0 saturated carbocycles. The molecule has 0 aromatic heterocycles. The van der Waals surface area contributed by atoms with Gasteiger partial charge < -0.3 is 5.11 Å². The van der Waals surface area contributed by atoms with E-state index in [1.54, 1.807) is 6.08 Å². The highest BCUT2D eigenvalue weighted by Gasteiger charge is 2.32. The van der Waals surface area contributed by atoms with Gasteiger partial charge in [0.1, 0.15) is 0 Å². The molecule has 1 atom stereocenters. The van der Waals surface area contributed by atoms with Gasteiger partial charge in [0.2, 0.25) is 0 Å². The molecule has 76 valence electrons. The Morgan fingerprint density at radius 2 is 2.08 bits per heavy atom. The number of aliphatic hydroxyl groups is 1. The number of aliphatic hydroxyl groups excluding tert-OH is 1. The van der Waals surface area contributed by atoms with Crippen LogP contribution in [0, 0.1) is 0 Å². The Kier molecular flexibility index (Phi) is 3.36. The highest BCUT2D eigenvalue weighted by molar-refractivity contribution is 5.10. The summed E-state index contributed by atoms with van der Waals surface area (Å²) in [4.78, 5) is 0. The minimum Gasteiger partial charge on any atom is -0.388 e. The summed E-state index contributed by atoms with van der Waals surface area (Å²) in [5.41, 5.74) is 0.559. The number of alkyl halides is 3. The molecule has 0 heterocycles. The number of hydrogen-bond acceptors (Lipinski definition) is 1. The van der Waals surface area contributed by atoms with Crippen LogP contribution < -0.4 is 0 Å². The molecule has 0 amide bonds. The van der Waals surface area contributed by atoms with Crippen LogP contribution >= 0.6 is 0 Å². The topological polar surface area (TPSA) is 20.2 Å². The van der Waals surface area contributed by atoms with Crippen LogP contribution in [0.4, 0.5) is 13.2 Å². The van der Waals surface area contributed by atoms with Crippen molar-refractivity contribution < 1.29 is 18.3 Å². The summed E-state index contributed by atoms with van der Waals surface area (Å²) >= 11 is 0.